The maximum atomic E-state index is 13.0. The minimum absolute atomic E-state index is 0.00619. The highest BCUT2D eigenvalue weighted by Crippen LogP contribution is 2.32. The molecule has 0 aliphatic carbocycles. The van der Waals surface area contributed by atoms with Gasteiger partial charge in [0.1, 0.15) is 11.4 Å². The van der Waals surface area contributed by atoms with E-state index in [0.717, 1.165) is 43.9 Å². The Hall–Kier alpha value is -5.09. The number of ether oxygens (including phenoxy) is 1. The fraction of sp³-hybridized carbons (Fsp3) is 0.432. The van der Waals surface area contributed by atoms with Crippen LogP contribution in [0, 0.1) is 6.92 Å². The van der Waals surface area contributed by atoms with E-state index in [2.05, 4.69) is 44.5 Å². The van der Waals surface area contributed by atoms with Gasteiger partial charge in [0.05, 0.1) is 35.4 Å². The number of carboxylic acid groups (broad SMARTS) is 2. The van der Waals surface area contributed by atoms with Gasteiger partial charge >= 0.3 is 24.3 Å². The molecular weight excluding hydrogens is 804 g/mol. The summed E-state index contributed by atoms with van der Waals surface area (Å²) in [6, 6.07) is 14.8. The van der Waals surface area contributed by atoms with E-state index >= 15 is 0 Å². The molecule has 6 N–H and O–H groups in total. The number of nitrogens with one attached hydrogen (secondary N) is 2. The number of aromatic amines is 1. The second-order valence-electron chi connectivity index (χ2n) is 13.5. The van der Waals surface area contributed by atoms with Crippen LogP contribution in [0.15, 0.2) is 58.7 Å². The van der Waals surface area contributed by atoms with Crippen molar-refractivity contribution in [3.05, 3.63) is 91.7 Å². The maximum absolute atomic E-state index is 13.0. The van der Waals surface area contributed by atoms with Gasteiger partial charge in [-0.15, -0.1) is 11.3 Å². The number of likely N-dealkylation sites (tertiary alicyclic amines) is 1. The third kappa shape index (κ3) is 13.0. The van der Waals surface area contributed by atoms with Gasteiger partial charge in [0.25, 0.3) is 5.91 Å². The Balaban J connectivity index is 0.000000456. The van der Waals surface area contributed by atoms with Crippen LogP contribution in [0.5, 0.6) is 5.75 Å². The van der Waals surface area contributed by atoms with Gasteiger partial charge in [-0.3, -0.25) is 14.5 Å². The molecule has 2 saturated heterocycles. The quantitative estimate of drug-likeness (QED) is 0.101. The molecule has 21 heteroatoms. The number of fused-ring (bicyclic) bond motifs is 1. The molecule has 58 heavy (non-hydrogen) atoms. The SMILES string of the molecule is Cc1nc(C(=O)N2CCOC3(CCN(Cc4cccc(CCNC[C@H](O)c5ccc(O)c6[nH]c(=O)ccc56)c4)CC3)C2)cs1.O=C(O)C(F)(F)F.O=C(O)C(F)(F)F. The van der Waals surface area contributed by atoms with Crippen molar-refractivity contribution in [3.63, 3.8) is 0 Å². The Bertz CT molecular complexity index is 2080. The molecule has 316 valence electrons. The summed E-state index contributed by atoms with van der Waals surface area (Å²) in [4.78, 5) is 53.9. The van der Waals surface area contributed by atoms with Crippen LogP contribution in [0.2, 0.25) is 0 Å². The number of rotatable bonds is 9. The zero-order chi connectivity index (χ0) is 42.8. The van der Waals surface area contributed by atoms with Crippen molar-refractivity contribution in [2.45, 2.75) is 56.8 Å². The van der Waals surface area contributed by atoms with Gasteiger partial charge in [-0.2, -0.15) is 26.3 Å². The number of phenols is 1. The standard InChI is InChI=1S/C33H39N5O5S.2C2HF3O2/c1-22-35-27(20-44-22)32(42)38-15-16-43-33(21-38)10-13-37(14-11-33)19-24-4-2-3-23(17-24)9-12-34-18-29(40)25-5-7-28(39)31-26(25)6-8-30(41)36-31;2*3-2(4,5)1(6)7/h2-8,17,20,29,34,39-40H,9-16,18-19,21H2,1H3,(H,36,41);2*(H,6,7)/t29-;;/m0../s1. The normalized spacial score (nSPS) is 16.2. The first kappa shape index (κ1) is 45.6. The summed E-state index contributed by atoms with van der Waals surface area (Å²) in [6.07, 6.45) is -8.34. The number of aryl methyl sites for hydroxylation is 1. The summed E-state index contributed by atoms with van der Waals surface area (Å²) < 4.78 is 69.8. The number of carbonyl (C=O) groups is 3. The molecule has 1 spiro atoms. The Kier molecular flexibility index (Phi) is 15.4. The number of aliphatic hydroxyl groups excluding tert-OH is 1. The van der Waals surface area contributed by atoms with Crippen molar-refractivity contribution in [2.75, 3.05) is 45.9 Å². The molecule has 2 aliphatic rings. The lowest BCUT2D eigenvalue weighted by Gasteiger charge is -2.47. The van der Waals surface area contributed by atoms with Crippen molar-refractivity contribution in [2.24, 2.45) is 0 Å². The van der Waals surface area contributed by atoms with E-state index in [4.69, 9.17) is 24.5 Å². The van der Waals surface area contributed by atoms with Gasteiger partial charge < -0.3 is 40.4 Å². The number of halogens is 6. The Labute approximate surface area is 330 Å². The van der Waals surface area contributed by atoms with Crippen LogP contribution < -0.4 is 10.9 Å². The number of morpholine rings is 1. The lowest BCUT2D eigenvalue weighted by Crippen LogP contribution is -2.58. The molecule has 0 saturated carbocycles. The molecule has 0 bridgehead atoms. The zero-order valence-corrected chi connectivity index (χ0v) is 31.7. The number of H-pyrrole nitrogens is 1. The summed E-state index contributed by atoms with van der Waals surface area (Å²) in [5.74, 6) is -5.53. The number of aliphatic carboxylic acids is 2. The largest absolute Gasteiger partial charge is 0.506 e. The molecule has 6 rings (SSSR count). The van der Waals surface area contributed by atoms with Gasteiger partial charge in [0.2, 0.25) is 5.56 Å². The van der Waals surface area contributed by atoms with Gasteiger partial charge in [-0.05, 0) is 61.6 Å². The number of benzene rings is 2. The van der Waals surface area contributed by atoms with E-state index < -0.39 is 30.4 Å². The van der Waals surface area contributed by atoms with Crippen molar-refractivity contribution in [1.29, 1.82) is 0 Å². The van der Waals surface area contributed by atoms with Crippen molar-refractivity contribution < 1.29 is 65.9 Å². The van der Waals surface area contributed by atoms with Crippen LogP contribution in [0.4, 0.5) is 26.3 Å². The third-order valence-corrected chi connectivity index (χ3v) is 9.99. The van der Waals surface area contributed by atoms with E-state index in [1.54, 1.807) is 12.1 Å². The average molecular weight is 846 g/mol. The third-order valence-electron chi connectivity index (χ3n) is 9.22. The van der Waals surface area contributed by atoms with Crippen LogP contribution in [-0.4, -0.2) is 122 Å². The average Bonchev–Trinajstić information content (AvgIpc) is 3.60. The summed E-state index contributed by atoms with van der Waals surface area (Å²) in [7, 11) is 0. The molecule has 0 radical (unpaired) electrons. The van der Waals surface area contributed by atoms with Gasteiger partial charge in [-0.25, -0.2) is 14.6 Å². The first-order valence-corrected chi connectivity index (χ1v) is 18.5. The molecule has 2 fully saturated rings. The van der Waals surface area contributed by atoms with E-state index in [0.29, 0.717) is 54.9 Å². The first-order valence-electron chi connectivity index (χ1n) is 17.7. The zero-order valence-electron chi connectivity index (χ0n) is 30.9. The number of carbonyl (C=O) groups excluding carboxylic acids is 1. The number of amides is 1. The second kappa shape index (κ2) is 19.6. The molecule has 4 heterocycles. The highest BCUT2D eigenvalue weighted by atomic mass is 32.1. The molecule has 2 aliphatic heterocycles. The van der Waals surface area contributed by atoms with E-state index in [-0.39, 0.29) is 22.8 Å². The summed E-state index contributed by atoms with van der Waals surface area (Å²) in [5, 5.41) is 41.9. The van der Waals surface area contributed by atoms with Crippen molar-refractivity contribution in [1.82, 2.24) is 25.1 Å². The number of phenolic OH excluding ortho intramolecular Hbond substituents is 1. The number of aromatic nitrogens is 2. The highest BCUT2D eigenvalue weighted by Gasteiger charge is 2.42. The van der Waals surface area contributed by atoms with Crippen LogP contribution in [0.1, 0.15) is 51.1 Å². The lowest BCUT2D eigenvalue weighted by molar-refractivity contribution is -0.193. The molecule has 1 amide bonds. The first-order chi connectivity index (χ1) is 27.2. The molecule has 1 atom stereocenters. The van der Waals surface area contributed by atoms with Gasteiger partial charge in [0, 0.05) is 49.6 Å². The molecule has 2 aromatic carbocycles. The summed E-state index contributed by atoms with van der Waals surface area (Å²) in [5.41, 5.74) is 3.44. The van der Waals surface area contributed by atoms with E-state index in [9.17, 15) is 46.1 Å². The van der Waals surface area contributed by atoms with E-state index in [1.807, 2.05) is 17.2 Å². The molecule has 0 unspecified atom stereocenters. The minimum Gasteiger partial charge on any atom is -0.506 e. The number of nitrogens with zero attached hydrogens (tertiary/aromatic N) is 3. The number of piperidine rings is 1. The number of aliphatic hydroxyl groups is 1. The fourth-order valence-corrected chi connectivity index (χ4v) is 6.92. The smallest absolute Gasteiger partial charge is 0.490 e. The summed E-state index contributed by atoms with van der Waals surface area (Å²) >= 11 is 1.51. The van der Waals surface area contributed by atoms with Crippen molar-refractivity contribution in [3.8, 4) is 5.75 Å². The predicted octanol–water partition coefficient (Wildman–Crippen LogP) is 4.64. The van der Waals surface area contributed by atoms with Gasteiger partial charge in [0.15, 0.2) is 0 Å². The molecule has 4 aromatic rings. The topological polar surface area (TPSA) is 206 Å². The Morgan fingerprint density at radius 1 is 0.983 bits per heavy atom. The lowest BCUT2D eigenvalue weighted by atomic mass is 9.89. The molecule has 2 aromatic heterocycles. The number of alkyl halides is 6. The molecular formula is C37H41F6N5O9S. The number of hydrogen-bond donors (Lipinski definition) is 6. The molecule has 14 nitrogen and oxygen atoms in total. The Morgan fingerprint density at radius 3 is 2.22 bits per heavy atom. The number of thiazole rings is 1. The fourth-order valence-electron chi connectivity index (χ4n) is 6.34. The Morgan fingerprint density at radius 2 is 1.62 bits per heavy atom. The number of carboxylic acids is 2. The minimum atomic E-state index is -5.08. The van der Waals surface area contributed by atoms with E-state index in [1.165, 1.54) is 34.6 Å². The van der Waals surface area contributed by atoms with Gasteiger partial charge in [-0.1, -0.05) is 30.3 Å². The highest BCUT2D eigenvalue weighted by molar-refractivity contribution is 7.09. The van der Waals surface area contributed by atoms with Crippen LogP contribution in [0.25, 0.3) is 10.9 Å². The van der Waals surface area contributed by atoms with Crippen LogP contribution in [-0.2, 0) is 27.3 Å². The van der Waals surface area contributed by atoms with Crippen LogP contribution in [0.3, 0.4) is 0 Å². The number of pyridine rings is 1. The van der Waals surface area contributed by atoms with Crippen molar-refractivity contribution >= 4 is 40.1 Å². The number of aromatic hydroxyl groups is 1. The monoisotopic (exact) mass is 845 g/mol. The second-order valence-corrected chi connectivity index (χ2v) is 14.5. The predicted molar refractivity (Wildman–Crippen MR) is 198 cm³/mol. The maximum Gasteiger partial charge on any atom is 0.490 e. The van der Waals surface area contributed by atoms with Crippen LogP contribution >= 0.6 is 11.3 Å². The summed E-state index contributed by atoms with van der Waals surface area (Å²) in [6.45, 7) is 7.47. The number of hydrogen-bond acceptors (Lipinski definition) is 11.